The van der Waals surface area contributed by atoms with Gasteiger partial charge in [-0.05, 0) is 42.7 Å². The summed E-state index contributed by atoms with van der Waals surface area (Å²) >= 11 is 0. The largest absolute Gasteiger partial charge is 0.316 e. The minimum Gasteiger partial charge on any atom is -0.316 e. The lowest BCUT2D eigenvalue weighted by molar-refractivity contribution is 0.863. The van der Waals surface area contributed by atoms with Crippen molar-refractivity contribution in [2.75, 3.05) is 13.6 Å². The summed E-state index contributed by atoms with van der Waals surface area (Å²) in [6.45, 7) is 3.24. The first-order valence-corrected chi connectivity index (χ1v) is 4.74. The van der Waals surface area contributed by atoms with E-state index >= 15 is 0 Å². The van der Waals surface area contributed by atoms with Gasteiger partial charge in [0.05, 0.1) is 0 Å². The molecule has 1 aliphatic rings. The van der Waals surface area contributed by atoms with Crippen LogP contribution < -0.4 is 5.32 Å². The first-order valence-electron chi connectivity index (χ1n) is 4.74. The van der Waals surface area contributed by atoms with Gasteiger partial charge in [0.2, 0.25) is 0 Å². The van der Waals surface area contributed by atoms with E-state index in [9.17, 15) is 0 Å². The molecule has 0 spiro atoms. The lowest BCUT2D eigenvalue weighted by Gasteiger charge is -2.01. The molecule has 1 aromatic carbocycles. The second-order valence-corrected chi connectivity index (χ2v) is 3.59. The molecule has 2 rings (SSSR count). The van der Waals surface area contributed by atoms with Crippen molar-refractivity contribution in [3.8, 4) is 0 Å². The van der Waals surface area contributed by atoms with Gasteiger partial charge < -0.3 is 5.32 Å². The van der Waals surface area contributed by atoms with Crippen LogP contribution in [-0.2, 0) is 6.42 Å². The lowest BCUT2D eigenvalue weighted by Crippen LogP contribution is -2.10. The third-order valence-corrected chi connectivity index (χ3v) is 2.75. The maximum atomic E-state index is 3.22. The fraction of sp³-hybridized carbons (Fsp3) is 0.333. The van der Waals surface area contributed by atoms with E-state index in [1.54, 1.807) is 0 Å². The van der Waals surface area contributed by atoms with Gasteiger partial charge in [0, 0.05) is 6.54 Å². The molecule has 1 nitrogen and oxygen atoms in total. The maximum Gasteiger partial charge on any atom is 0.0170 e. The smallest absolute Gasteiger partial charge is 0.0170 e. The molecule has 0 bridgehead atoms. The van der Waals surface area contributed by atoms with Gasteiger partial charge in [-0.3, -0.25) is 0 Å². The first kappa shape index (κ1) is 11.3. The number of likely N-dealkylation sites (N-methyl/N-ethyl adjacent to an activating group) is 1. The quantitative estimate of drug-likeness (QED) is 0.790. The van der Waals surface area contributed by atoms with Gasteiger partial charge in [-0.1, -0.05) is 24.3 Å². The average molecular weight is 210 g/mol. The van der Waals surface area contributed by atoms with E-state index in [-0.39, 0.29) is 12.4 Å². The third-order valence-electron chi connectivity index (χ3n) is 2.75. The van der Waals surface area contributed by atoms with Gasteiger partial charge in [-0.15, -0.1) is 12.4 Å². The Morgan fingerprint density at radius 1 is 1.29 bits per heavy atom. The number of nitrogens with one attached hydrogen (secondary N) is 1. The lowest BCUT2D eigenvalue weighted by atomic mass is 10.1. The molecule has 0 aliphatic heterocycles. The van der Waals surface area contributed by atoms with Crippen molar-refractivity contribution in [2.45, 2.75) is 13.3 Å². The van der Waals surface area contributed by atoms with Crippen molar-refractivity contribution in [3.05, 3.63) is 41.0 Å². The molecule has 14 heavy (non-hydrogen) atoms. The van der Waals surface area contributed by atoms with Crippen LogP contribution in [0.4, 0.5) is 0 Å². The molecule has 0 saturated heterocycles. The number of allylic oxidation sites excluding steroid dienone is 1. The van der Waals surface area contributed by atoms with Crippen LogP contribution in [0.1, 0.15) is 18.1 Å². The van der Waals surface area contributed by atoms with Crippen molar-refractivity contribution < 1.29 is 0 Å². The summed E-state index contributed by atoms with van der Waals surface area (Å²) in [6.07, 6.45) is 1.13. The Hall–Kier alpha value is -0.790. The monoisotopic (exact) mass is 209 g/mol. The van der Waals surface area contributed by atoms with E-state index in [4.69, 9.17) is 0 Å². The zero-order chi connectivity index (χ0) is 9.26. The summed E-state index contributed by atoms with van der Waals surface area (Å²) in [5.74, 6) is 0. The fourth-order valence-electron chi connectivity index (χ4n) is 2.00. The molecule has 2 heteroatoms. The molecule has 1 aromatic rings. The first-order chi connectivity index (χ1) is 6.33. The van der Waals surface area contributed by atoms with Crippen molar-refractivity contribution >= 4 is 18.0 Å². The van der Waals surface area contributed by atoms with Gasteiger partial charge >= 0.3 is 0 Å². The normalized spacial score (nSPS) is 13.9. The second kappa shape index (κ2) is 4.63. The Labute approximate surface area is 91.6 Å². The Kier molecular flexibility index (Phi) is 3.73. The summed E-state index contributed by atoms with van der Waals surface area (Å²) < 4.78 is 0. The molecule has 0 amide bonds. The number of halogens is 1. The number of hydrogen-bond donors (Lipinski definition) is 1. The Morgan fingerprint density at radius 3 is 2.64 bits per heavy atom. The predicted octanol–water partition coefficient (Wildman–Crippen LogP) is 2.66. The highest BCUT2D eigenvalue weighted by molar-refractivity contribution is 5.85. The molecular weight excluding hydrogens is 194 g/mol. The number of hydrogen-bond acceptors (Lipinski definition) is 1. The maximum absolute atomic E-state index is 3.22. The van der Waals surface area contributed by atoms with E-state index in [0.717, 1.165) is 13.0 Å². The van der Waals surface area contributed by atoms with E-state index in [1.165, 1.54) is 22.3 Å². The van der Waals surface area contributed by atoms with Crippen molar-refractivity contribution in [1.82, 2.24) is 5.32 Å². The Bertz CT molecular complexity index is 355. The van der Waals surface area contributed by atoms with E-state index in [1.807, 2.05) is 7.05 Å². The van der Waals surface area contributed by atoms with Gasteiger partial charge in [-0.2, -0.15) is 0 Å². The second-order valence-electron chi connectivity index (χ2n) is 3.59. The van der Waals surface area contributed by atoms with Crippen LogP contribution in [0.15, 0.2) is 29.8 Å². The topological polar surface area (TPSA) is 12.0 Å². The van der Waals surface area contributed by atoms with Crippen LogP contribution in [0, 0.1) is 0 Å². The van der Waals surface area contributed by atoms with Crippen molar-refractivity contribution in [1.29, 1.82) is 0 Å². The van der Waals surface area contributed by atoms with E-state index < -0.39 is 0 Å². The molecule has 1 aliphatic carbocycles. The number of benzene rings is 1. The predicted molar refractivity (Wildman–Crippen MR) is 63.9 cm³/mol. The van der Waals surface area contributed by atoms with Crippen LogP contribution in [-0.4, -0.2) is 13.6 Å². The summed E-state index contributed by atoms with van der Waals surface area (Å²) in [4.78, 5) is 0. The van der Waals surface area contributed by atoms with E-state index in [0.29, 0.717) is 0 Å². The molecule has 0 heterocycles. The van der Waals surface area contributed by atoms with Gasteiger partial charge in [0.1, 0.15) is 0 Å². The number of rotatable bonds is 2. The van der Waals surface area contributed by atoms with Crippen LogP contribution in [0.3, 0.4) is 0 Å². The highest BCUT2D eigenvalue weighted by Gasteiger charge is 2.16. The van der Waals surface area contributed by atoms with Crippen LogP contribution in [0.5, 0.6) is 0 Å². The van der Waals surface area contributed by atoms with Crippen molar-refractivity contribution in [2.24, 2.45) is 0 Å². The SMILES string of the molecule is CNCC1=C(C)c2ccccc2C1.Cl. The molecule has 0 unspecified atom stereocenters. The highest BCUT2D eigenvalue weighted by atomic mass is 35.5. The van der Waals surface area contributed by atoms with Crippen molar-refractivity contribution in [3.63, 3.8) is 0 Å². The molecule has 0 aromatic heterocycles. The van der Waals surface area contributed by atoms with Gasteiger partial charge in [0.15, 0.2) is 0 Å². The highest BCUT2D eigenvalue weighted by Crippen LogP contribution is 2.31. The zero-order valence-corrected chi connectivity index (χ0v) is 9.45. The number of fused-ring (bicyclic) bond motifs is 1. The van der Waals surface area contributed by atoms with Crippen LogP contribution in [0.25, 0.3) is 5.57 Å². The van der Waals surface area contributed by atoms with E-state index in [2.05, 4.69) is 36.5 Å². The molecule has 0 fully saturated rings. The van der Waals surface area contributed by atoms with Gasteiger partial charge in [0.25, 0.3) is 0 Å². The summed E-state index contributed by atoms with van der Waals surface area (Å²) in [6, 6.07) is 8.67. The molecule has 76 valence electrons. The summed E-state index contributed by atoms with van der Waals surface area (Å²) in [5.41, 5.74) is 5.91. The zero-order valence-electron chi connectivity index (χ0n) is 8.63. The molecule has 0 atom stereocenters. The summed E-state index contributed by atoms with van der Waals surface area (Å²) in [7, 11) is 2.00. The standard InChI is InChI=1S/C12H15N.ClH/c1-9-11(8-13-2)7-10-5-3-4-6-12(9)10;/h3-6,13H,7-8H2,1-2H3;1H. The van der Waals surface area contributed by atoms with Gasteiger partial charge in [-0.25, -0.2) is 0 Å². The Morgan fingerprint density at radius 2 is 2.00 bits per heavy atom. The average Bonchev–Trinajstić information content (AvgIpc) is 2.46. The fourth-order valence-corrected chi connectivity index (χ4v) is 2.00. The molecule has 1 N–H and O–H groups in total. The molecule has 0 radical (unpaired) electrons. The van der Waals surface area contributed by atoms with Crippen LogP contribution in [0.2, 0.25) is 0 Å². The van der Waals surface area contributed by atoms with Crippen LogP contribution >= 0.6 is 12.4 Å². The minimum atomic E-state index is 0. The molecule has 0 saturated carbocycles. The minimum absolute atomic E-state index is 0. The Balaban J connectivity index is 0.000000980. The third kappa shape index (κ3) is 1.84. The summed E-state index contributed by atoms with van der Waals surface area (Å²) in [5, 5.41) is 3.22. The molecular formula is C12H16ClN.